The number of rotatable bonds is 4. The fourth-order valence-electron chi connectivity index (χ4n) is 2.31. The number of hydrogen-bond donors (Lipinski definition) is 2. The maximum Gasteiger partial charge on any atom is 0.335 e. The molecule has 1 aromatic rings. The molecule has 1 saturated heterocycles. The Morgan fingerprint density at radius 2 is 2.19 bits per heavy atom. The normalized spacial score (nSPS) is 18.4. The summed E-state index contributed by atoms with van der Waals surface area (Å²) in [4.78, 5) is 36.1. The minimum atomic E-state index is -0.996. The third-order valence-electron chi connectivity index (χ3n) is 3.67. The quantitative estimate of drug-likeness (QED) is 0.861. The Morgan fingerprint density at radius 1 is 1.43 bits per heavy atom. The number of carboxylic acids is 1. The van der Waals surface area contributed by atoms with E-state index in [4.69, 9.17) is 5.11 Å². The molecule has 21 heavy (non-hydrogen) atoms. The largest absolute Gasteiger partial charge is 0.478 e. The number of hydrogen-bond acceptors (Lipinski definition) is 3. The van der Waals surface area contributed by atoms with E-state index in [-0.39, 0.29) is 36.3 Å². The maximum absolute atomic E-state index is 12.0. The third kappa shape index (κ3) is 3.81. The van der Waals surface area contributed by atoms with Gasteiger partial charge in [-0.1, -0.05) is 12.1 Å². The van der Waals surface area contributed by atoms with Gasteiger partial charge in [-0.15, -0.1) is 0 Å². The summed E-state index contributed by atoms with van der Waals surface area (Å²) in [6.07, 6.45) is 0.890. The van der Waals surface area contributed by atoms with Crippen LogP contribution in [-0.2, 0) is 16.1 Å². The van der Waals surface area contributed by atoms with Crippen molar-refractivity contribution in [2.45, 2.75) is 19.4 Å². The highest BCUT2D eigenvalue weighted by Gasteiger charge is 2.28. The van der Waals surface area contributed by atoms with Crippen LogP contribution in [-0.4, -0.2) is 41.4 Å². The van der Waals surface area contributed by atoms with Gasteiger partial charge in [0.05, 0.1) is 5.56 Å². The fourth-order valence-corrected chi connectivity index (χ4v) is 2.31. The van der Waals surface area contributed by atoms with Crippen LogP contribution in [0.3, 0.4) is 0 Å². The number of amides is 2. The summed E-state index contributed by atoms with van der Waals surface area (Å²) in [5.74, 6) is -1.47. The first kappa shape index (κ1) is 15.0. The molecule has 6 heteroatoms. The molecule has 1 heterocycles. The van der Waals surface area contributed by atoms with Gasteiger partial charge in [-0.2, -0.15) is 0 Å². The van der Waals surface area contributed by atoms with Gasteiger partial charge in [0.15, 0.2) is 0 Å². The first-order valence-electron chi connectivity index (χ1n) is 6.81. The smallest absolute Gasteiger partial charge is 0.335 e. The van der Waals surface area contributed by atoms with Gasteiger partial charge >= 0.3 is 5.97 Å². The van der Waals surface area contributed by atoms with E-state index < -0.39 is 5.97 Å². The number of carbonyl (C=O) groups excluding carboxylic acids is 2. The van der Waals surface area contributed by atoms with Crippen molar-refractivity contribution >= 4 is 17.8 Å². The molecular weight excluding hydrogens is 272 g/mol. The van der Waals surface area contributed by atoms with Gasteiger partial charge in [-0.05, 0) is 24.1 Å². The molecule has 0 radical (unpaired) electrons. The predicted molar refractivity (Wildman–Crippen MR) is 75.6 cm³/mol. The highest BCUT2D eigenvalue weighted by atomic mass is 16.4. The summed E-state index contributed by atoms with van der Waals surface area (Å²) >= 11 is 0. The summed E-state index contributed by atoms with van der Waals surface area (Å²) in [6, 6.07) is 6.43. The lowest BCUT2D eigenvalue weighted by molar-refractivity contribution is -0.139. The molecule has 112 valence electrons. The summed E-state index contributed by atoms with van der Waals surface area (Å²) in [7, 11) is 1.73. The number of nitrogens with one attached hydrogen (secondary N) is 1. The molecule has 2 N–H and O–H groups in total. The third-order valence-corrected chi connectivity index (χ3v) is 3.67. The number of likely N-dealkylation sites (tertiary alicyclic amines) is 1. The zero-order chi connectivity index (χ0) is 15.4. The lowest BCUT2D eigenvalue weighted by atomic mass is 9.95. The van der Waals surface area contributed by atoms with E-state index in [9.17, 15) is 14.4 Å². The Balaban J connectivity index is 1.91. The predicted octanol–water partition coefficient (Wildman–Crippen LogP) is 0.869. The molecule has 6 nitrogen and oxygen atoms in total. The van der Waals surface area contributed by atoms with Crippen LogP contribution in [0.1, 0.15) is 28.8 Å². The van der Waals surface area contributed by atoms with Crippen molar-refractivity contribution in [2.24, 2.45) is 5.92 Å². The van der Waals surface area contributed by atoms with Gasteiger partial charge in [-0.3, -0.25) is 9.59 Å². The van der Waals surface area contributed by atoms with E-state index >= 15 is 0 Å². The summed E-state index contributed by atoms with van der Waals surface area (Å²) in [5, 5.41) is 11.7. The molecule has 0 unspecified atom stereocenters. The number of nitrogens with zero attached hydrogens (tertiary/aromatic N) is 1. The van der Waals surface area contributed by atoms with E-state index in [1.807, 2.05) is 0 Å². The van der Waals surface area contributed by atoms with E-state index in [1.54, 1.807) is 24.1 Å². The average Bonchev–Trinajstić information content (AvgIpc) is 2.48. The molecule has 2 rings (SSSR count). The lowest BCUT2D eigenvalue weighted by Gasteiger charge is -2.27. The van der Waals surface area contributed by atoms with E-state index in [0.29, 0.717) is 13.0 Å². The van der Waals surface area contributed by atoms with Gasteiger partial charge in [-0.25, -0.2) is 4.79 Å². The highest BCUT2D eigenvalue weighted by Crippen LogP contribution is 2.17. The van der Waals surface area contributed by atoms with Crippen molar-refractivity contribution in [1.82, 2.24) is 10.2 Å². The van der Waals surface area contributed by atoms with Crippen LogP contribution in [0.25, 0.3) is 0 Å². The average molecular weight is 290 g/mol. The molecule has 0 bridgehead atoms. The van der Waals surface area contributed by atoms with Crippen LogP contribution >= 0.6 is 0 Å². The molecule has 0 spiro atoms. The molecule has 0 aromatic heterocycles. The molecule has 1 fully saturated rings. The van der Waals surface area contributed by atoms with E-state index in [2.05, 4.69) is 5.32 Å². The van der Waals surface area contributed by atoms with E-state index in [1.165, 1.54) is 12.1 Å². The van der Waals surface area contributed by atoms with Crippen LogP contribution in [0.2, 0.25) is 0 Å². The highest BCUT2D eigenvalue weighted by molar-refractivity contribution is 5.88. The van der Waals surface area contributed by atoms with Crippen molar-refractivity contribution in [3.8, 4) is 0 Å². The number of benzene rings is 1. The number of aromatic carboxylic acids is 1. The monoisotopic (exact) mass is 290 g/mol. The summed E-state index contributed by atoms with van der Waals surface area (Å²) in [6.45, 7) is 0.853. The first-order chi connectivity index (χ1) is 9.97. The van der Waals surface area contributed by atoms with Gasteiger partial charge in [0.1, 0.15) is 0 Å². The summed E-state index contributed by atoms with van der Waals surface area (Å²) in [5.41, 5.74) is 0.915. The molecular formula is C15H18N2O4. The molecule has 2 amide bonds. The van der Waals surface area contributed by atoms with Crippen LogP contribution < -0.4 is 5.32 Å². The van der Waals surface area contributed by atoms with E-state index in [0.717, 1.165) is 5.56 Å². The number of carboxylic acid groups (broad SMARTS) is 1. The van der Waals surface area contributed by atoms with Gasteiger partial charge in [0, 0.05) is 32.5 Å². The minimum Gasteiger partial charge on any atom is -0.478 e. The molecule has 1 aromatic carbocycles. The molecule has 1 aliphatic rings. The Hall–Kier alpha value is -2.37. The Bertz CT molecular complexity index is 571. The van der Waals surface area contributed by atoms with Crippen molar-refractivity contribution < 1.29 is 19.5 Å². The van der Waals surface area contributed by atoms with Gasteiger partial charge < -0.3 is 15.3 Å². The van der Waals surface area contributed by atoms with Crippen molar-refractivity contribution in [1.29, 1.82) is 0 Å². The maximum atomic E-state index is 12.0. The standard InChI is InChI=1S/C15H18N2O4/c1-17-6-5-11(8-13(17)18)14(19)16-9-10-3-2-4-12(7-10)15(20)21/h2-4,7,11H,5-6,8-9H2,1H3,(H,16,19)(H,20,21)/t11-/m1/s1. The molecule has 0 saturated carbocycles. The Morgan fingerprint density at radius 3 is 2.86 bits per heavy atom. The molecule has 1 atom stereocenters. The minimum absolute atomic E-state index is 0.0192. The summed E-state index contributed by atoms with van der Waals surface area (Å²) < 4.78 is 0. The topological polar surface area (TPSA) is 86.7 Å². The second kappa shape index (κ2) is 6.39. The van der Waals surface area contributed by atoms with Crippen LogP contribution in [0.5, 0.6) is 0 Å². The van der Waals surface area contributed by atoms with Crippen LogP contribution in [0.4, 0.5) is 0 Å². The van der Waals surface area contributed by atoms with Gasteiger partial charge in [0.25, 0.3) is 0 Å². The number of piperidine rings is 1. The van der Waals surface area contributed by atoms with Crippen molar-refractivity contribution in [3.05, 3.63) is 35.4 Å². The SMILES string of the molecule is CN1CC[C@@H](C(=O)NCc2cccc(C(=O)O)c2)CC1=O. The lowest BCUT2D eigenvalue weighted by Crippen LogP contribution is -2.41. The van der Waals surface area contributed by atoms with Gasteiger partial charge in [0.2, 0.25) is 11.8 Å². The van der Waals surface area contributed by atoms with Crippen molar-refractivity contribution in [3.63, 3.8) is 0 Å². The Kier molecular flexibility index (Phi) is 4.57. The Labute approximate surface area is 122 Å². The van der Waals surface area contributed by atoms with Crippen LogP contribution in [0.15, 0.2) is 24.3 Å². The zero-order valence-electron chi connectivity index (χ0n) is 11.8. The number of carbonyl (C=O) groups is 3. The second-order valence-corrected chi connectivity index (χ2v) is 5.23. The fraction of sp³-hybridized carbons (Fsp3) is 0.400. The first-order valence-corrected chi connectivity index (χ1v) is 6.81. The second-order valence-electron chi connectivity index (χ2n) is 5.23. The molecule has 1 aliphatic heterocycles. The van der Waals surface area contributed by atoms with Crippen LogP contribution in [0, 0.1) is 5.92 Å². The van der Waals surface area contributed by atoms with Crippen molar-refractivity contribution in [2.75, 3.05) is 13.6 Å². The zero-order valence-corrected chi connectivity index (χ0v) is 11.8. The molecule has 0 aliphatic carbocycles.